The molecule has 0 saturated carbocycles. The number of nitrogens with one attached hydrogen (secondary N) is 1. The third-order valence-electron chi connectivity index (χ3n) is 2.38. The highest BCUT2D eigenvalue weighted by molar-refractivity contribution is 6.01. The first-order chi connectivity index (χ1) is 9.17. The van der Waals surface area contributed by atoms with Gasteiger partial charge in [0, 0.05) is 13.1 Å². The second kappa shape index (κ2) is 5.74. The number of nitro groups is 1. The van der Waals surface area contributed by atoms with E-state index in [9.17, 15) is 28.1 Å². The number of halogens is 3. The predicted octanol–water partition coefficient (Wildman–Crippen LogP) is 1.51. The van der Waals surface area contributed by atoms with Gasteiger partial charge >= 0.3 is 6.18 Å². The number of anilines is 1. The monoisotopic (exact) mass is 292 g/mol. The van der Waals surface area contributed by atoms with Crippen LogP contribution in [0.2, 0.25) is 0 Å². The van der Waals surface area contributed by atoms with Crippen LogP contribution in [0.3, 0.4) is 0 Å². The molecule has 0 aliphatic heterocycles. The van der Waals surface area contributed by atoms with Crippen LogP contribution >= 0.6 is 0 Å². The summed E-state index contributed by atoms with van der Waals surface area (Å²) in [5, 5.41) is 10.8. The second-order valence-corrected chi connectivity index (χ2v) is 3.88. The molecule has 0 bridgehead atoms. The Kier molecular flexibility index (Phi) is 4.50. The van der Waals surface area contributed by atoms with E-state index in [1.54, 1.807) is 0 Å². The molecular weight excluding hydrogens is 281 g/mol. The summed E-state index contributed by atoms with van der Waals surface area (Å²) >= 11 is 0. The van der Waals surface area contributed by atoms with Crippen molar-refractivity contribution in [1.82, 2.24) is 4.90 Å². The molecule has 0 fully saturated rings. The third kappa shape index (κ3) is 3.57. The van der Waals surface area contributed by atoms with Gasteiger partial charge in [0.25, 0.3) is 11.6 Å². The van der Waals surface area contributed by atoms with E-state index in [-0.39, 0.29) is 11.3 Å². The van der Waals surface area contributed by atoms with Crippen LogP contribution in [0.4, 0.5) is 24.5 Å². The van der Waals surface area contributed by atoms with Gasteiger partial charge in [-0.15, -0.1) is 0 Å². The Morgan fingerprint density at radius 3 is 2.55 bits per heavy atom. The lowest BCUT2D eigenvalue weighted by molar-refractivity contribution is -0.384. The lowest BCUT2D eigenvalue weighted by Crippen LogP contribution is -2.36. The van der Waals surface area contributed by atoms with E-state index < -0.39 is 29.2 Å². The largest absolute Gasteiger partial charge is 0.406 e. The maximum Gasteiger partial charge on any atom is 0.406 e. The summed E-state index contributed by atoms with van der Waals surface area (Å²) in [7, 11) is 0.939. The number of hydrazine groups is 1. The Balaban J connectivity index is 3.16. The van der Waals surface area contributed by atoms with Gasteiger partial charge in [0.2, 0.25) is 0 Å². The van der Waals surface area contributed by atoms with Crippen LogP contribution in [0.15, 0.2) is 18.2 Å². The van der Waals surface area contributed by atoms with E-state index in [0.29, 0.717) is 4.90 Å². The fraction of sp³-hybridized carbons (Fsp3) is 0.300. The molecule has 110 valence electrons. The number of nitrogens with zero attached hydrogens (tertiary/aromatic N) is 2. The number of carbonyl (C=O) groups excluding carboxylic acids is 1. The number of amides is 1. The van der Waals surface area contributed by atoms with E-state index in [2.05, 4.69) is 0 Å². The zero-order valence-electron chi connectivity index (χ0n) is 10.3. The van der Waals surface area contributed by atoms with Gasteiger partial charge in [-0.3, -0.25) is 20.8 Å². The van der Waals surface area contributed by atoms with Crippen LogP contribution in [0.25, 0.3) is 0 Å². The molecule has 1 aromatic rings. The van der Waals surface area contributed by atoms with Crippen molar-refractivity contribution >= 4 is 17.3 Å². The molecule has 0 saturated heterocycles. The summed E-state index contributed by atoms with van der Waals surface area (Å²) < 4.78 is 36.7. The average molecular weight is 292 g/mol. The lowest BCUT2D eigenvalue weighted by Gasteiger charge is -2.20. The van der Waals surface area contributed by atoms with E-state index in [4.69, 9.17) is 5.84 Å². The zero-order chi connectivity index (χ0) is 15.5. The Labute approximate surface area is 111 Å². The molecule has 20 heavy (non-hydrogen) atoms. The van der Waals surface area contributed by atoms with Crippen molar-refractivity contribution < 1.29 is 22.9 Å². The summed E-state index contributed by atoms with van der Waals surface area (Å²) in [5.74, 6) is 4.08. The smallest absolute Gasteiger partial charge is 0.333 e. The Morgan fingerprint density at radius 1 is 1.50 bits per heavy atom. The van der Waals surface area contributed by atoms with Crippen LogP contribution < -0.4 is 11.3 Å². The number of hydrogen-bond donors (Lipinski definition) is 2. The van der Waals surface area contributed by atoms with Crippen molar-refractivity contribution in [2.75, 3.05) is 19.0 Å². The van der Waals surface area contributed by atoms with Gasteiger partial charge in [-0.1, -0.05) is 6.07 Å². The van der Waals surface area contributed by atoms with Gasteiger partial charge in [-0.05, 0) is 6.07 Å². The molecule has 3 N–H and O–H groups in total. The molecule has 7 nitrogen and oxygen atoms in total. The van der Waals surface area contributed by atoms with Crippen LogP contribution in [0.5, 0.6) is 0 Å². The molecule has 0 heterocycles. The quantitative estimate of drug-likeness (QED) is 0.497. The average Bonchev–Trinajstić information content (AvgIpc) is 2.34. The molecule has 0 aliphatic carbocycles. The first kappa shape index (κ1) is 15.7. The first-order valence-electron chi connectivity index (χ1n) is 5.23. The first-order valence-corrected chi connectivity index (χ1v) is 5.23. The van der Waals surface area contributed by atoms with Crippen LogP contribution in [-0.2, 0) is 0 Å². The van der Waals surface area contributed by atoms with Gasteiger partial charge in [0.15, 0.2) is 0 Å². The molecule has 0 unspecified atom stereocenters. The van der Waals surface area contributed by atoms with Crippen molar-refractivity contribution in [2.45, 2.75) is 6.18 Å². The fourth-order valence-corrected chi connectivity index (χ4v) is 1.57. The van der Waals surface area contributed by atoms with E-state index in [1.807, 2.05) is 5.43 Å². The van der Waals surface area contributed by atoms with Gasteiger partial charge in [0.1, 0.15) is 12.2 Å². The molecular formula is C10H11F3N4O3. The summed E-state index contributed by atoms with van der Waals surface area (Å²) in [6.07, 6.45) is -4.57. The van der Waals surface area contributed by atoms with Crippen molar-refractivity contribution in [3.8, 4) is 0 Å². The molecule has 0 aromatic heterocycles. The molecule has 0 spiro atoms. The number of nitrogens with two attached hydrogens (primary N) is 1. The topological polar surface area (TPSA) is 102 Å². The standard InChI is InChI=1S/C10H11F3N4O3/c1-16(5-10(11,12)13)9(18)6-3-2-4-7(17(19)20)8(6)15-14/h2-4,15H,5,14H2,1H3. The fourth-order valence-electron chi connectivity index (χ4n) is 1.57. The number of alkyl halides is 3. The molecule has 0 aliphatic rings. The van der Waals surface area contributed by atoms with Crippen molar-refractivity contribution in [1.29, 1.82) is 0 Å². The van der Waals surface area contributed by atoms with Crippen LogP contribution in [-0.4, -0.2) is 35.5 Å². The Hall–Kier alpha value is -2.36. The van der Waals surface area contributed by atoms with Crippen molar-refractivity contribution in [2.24, 2.45) is 5.84 Å². The second-order valence-electron chi connectivity index (χ2n) is 3.88. The molecule has 1 rings (SSSR count). The molecule has 1 amide bonds. The molecule has 1 aromatic carbocycles. The number of para-hydroxylation sites is 1. The molecule has 10 heteroatoms. The Bertz CT molecular complexity index is 533. The van der Waals surface area contributed by atoms with E-state index >= 15 is 0 Å². The number of hydrogen-bond acceptors (Lipinski definition) is 5. The molecule has 0 radical (unpaired) electrons. The number of carbonyl (C=O) groups is 1. The maximum atomic E-state index is 12.2. The highest BCUT2D eigenvalue weighted by atomic mass is 19.4. The summed E-state index contributed by atoms with van der Waals surface area (Å²) in [4.78, 5) is 22.3. The lowest BCUT2D eigenvalue weighted by atomic mass is 10.1. The highest BCUT2D eigenvalue weighted by Crippen LogP contribution is 2.28. The van der Waals surface area contributed by atoms with Crippen molar-refractivity contribution in [3.63, 3.8) is 0 Å². The van der Waals surface area contributed by atoms with Gasteiger partial charge in [0.05, 0.1) is 10.5 Å². The zero-order valence-corrected chi connectivity index (χ0v) is 10.3. The maximum absolute atomic E-state index is 12.2. The van der Waals surface area contributed by atoms with Gasteiger partial charge in [-0.25, -0.2) is 0 Å². The minimum Gasteiger partial charge on any atom is -0.333 e. The minimum atomic E-state index is -4.57. The van der Waals surface area contributed by atoms with E-state index in [1.165, 1.54) is 6.07 Å². The van der Waals surface area contributed by atoms with Gasteiger partial charge in [-0.2, -0.15) is 13.2 Å². The third-order valence-corrected chi connectivity index (χ3v) is 2.38. The highest BCUT2D eigenvalue weighted by Gasteiger charge is 2.33. The number of nitro benzene ring substituents is 1. The SMILES string of the molecule is CN(CC(F)(F)F)C(=O)c1cccc([N+](=O)[O-])c1NN. The number of nitrogen functional groups attached to an aromatic ring is 1. The number of benzene rings is 1. The minimum absolute atomic E-state index is 0.312. The van der Waals surface area contributed by atoms with Crippen LogP contribution in [0.1, 0.15) is 10.4 Å². The van der Waals surface area contributed by atoms with Crippen LogP contribution in [0, 0.1) is 10.1 Å². The summed E-state index contributed by atoms with van der Waals surface area (Å²) in [6, 6.07) is 3.42. The van der Waals surface area contributed by atoms with Crippen molar-refractivity contribution in [3.05, 3.63) is 33.9 Å². The summed E-state index contributed by atoms with van der Waals surface area (Å²) in [5.41, 5.74) is 0.824. The normalized spacial score (nSPS) is 11.1. The Morgan fingerprint density at radius 2 is 2.10 bits per heavy atom. The predicted molar refractivity (Wildman–Crippen MR) is 63.9 cm³/mol. The molecule has 0 atom stereocenters. The van der Waals surface area contributed by atoms with E-state index in [0.717, 1.165) is 19.2 Å². The van der Waals surface area contributed by atoms with Gasteiger partial charge < -0.3 is 10.3 Å². The summed E-state index contributed by atoms with van der Waals surface area (Å²) in [6.45, 7) is -1.47. The number of rotatable bonds is 4.